The zero-order chi connectivity index (χ0) is 10.8. The number of nitrogens with two attached hydrogens (primary N) is 1. The van der Waals surface area contributed by atoms with Crippen LogP contribution in [0.15, 0.2) is 22.5 Å². The van der Waals surface area contributed by atoms with Crippen molar-refractivity contribution in [3.05, 3.63) is 23.8 Å². The molecule has 0 saturated carbocycles. The zero-order valence-corrected chi connectivity index (χ0v) is 8.81. The molecule has 0 amide bonds. The van der Waals surface area contributed by atoms with E-state index in [2.05, 4.69) is 27.1 Å². The summed E-state index contributed by atoms with van der Waals surface area (Å²) in [5.41, 5.74) is 7.33. The molecule has 0 saturated heterocycles. The van der Waals surface area contributed by atoms with Gasteiger partial charge in [-0.2, -0.15) is 5.10 Å². The highest BCUT2D eigenvalue weighted by molar-refractivity contribution is 6.04. The van der Waals surface area contributed by atoms with Crippen molar-refractivity contribution in [2.45, 2.75) is 20.3 Å². The van der Waals surface area contributed by atoms with Crippen molar-refractivity contribution in [2.75, 3.05) is 0 Å². The average molecular weight is 203 g/mol. The summed E-state index contributed by atoms with van der Waals surface area (Å²) in [6, 6.07) is 1.85. The molecule has 0 spiro atoms. The predicted molar refractivity (Wildman–Crippen MR) is 58.7 cm³/mol. The van der Waals surface area contributed by atoms with Crippen LogP contribution >= 0.6 is 0 Å². The highest BCUT2D eigenvalue weighted by Crippen LogP contribution is 2.15. The normalized spacial score (nSPS) is 20.8. The SMILES string of the molecule is Cc1nccc(C2=NN=C(N)CC2C)n1. The van der Waals surface area contributed by atoms with Gasteiger partial charge < -0.3 is 5.73 Å². The Morgan fingerprint density at radius 2 is 2.20 bits per heavy atom. The number of aryl methyl sites for hydroxylation is 1. The van der Waals surface area contributed by atoms with Crippen molar-refractivity contribution < 1.29 is 0 Å². The summed E-state index contributed by atoms with van der Waals surface area (Å²) in [5, 5.41) is 7.98. The molecule has 5 nitrogen and oxygen atoms in total. The quantitative estimate of drug-likeness (QED) is 0.736. The van der Waals surface area contributed by atoms with Gasteiger partial charge in [-0.25, -0.2) is 9.97 Å². The largest absolute Gasteiger partial charge is 0.386 e. The van der Waals surface area contributed by atoms with Crippen LogP contribution in [0, 0.1) is 12.8 Å². The molecule has 1 aromatic rings. The molecule has 2 N–H and O–H groups in total. The Labute approximate surface area is 88.2 Å². The van der Waals surface area contributed by atoms with Crippen molar-refractivity contribution in [3.63, 3.8) is 0 Å². The lowest BCUT2D eigenvalue weighted by Crippen LogP contribution is -2.25. The first-order valence-electron chi connectivity index (χ1n) is 4.86. The first-order valence-corrected chi connectivity index (χ1v) is 4.86. The van der Waals surface area contributed by atoms with Crippen molar-refractivity contribution in [2.24, 2.45) is 21.9 Å². The Bertz CT molecular complexity index is 435. The van der Waals surface area contributed by atoms with Gasteiger partial charge in [0.2, 0.25) is 0 Å². The number of aromatic nitrogens is 2. The fourth-order valence-corrected chi connectivity index (χ4v) is 1.57. The minimum atomic E-state index is 0.261. The minimum absolute atomic E-state index is 0.261. The Hall–Kier alpha value is -1.78. The summed E-state index contributed by atoms with van der Waals surface area (Å²) >= 11 is 0. The predicted octanol–water partition coefficient (Wildman–Crippen LogP) is 0.886. The van der Waals surface area contributed by atoms with Crippen molar-refractivity contribution in [1.82, 2.24) is 9.97 Å². The van der Waals surface area contributed by atoms with Crippen molar-refractivity contribution in [3.8, 4) is 0 Å². The second kappa shape index (κ2) is 3.76. The summed E-state index contributed by atoms with van der Waals surface area (Å²) < 4.78 is 0. The van der Waals surface area contributed by atoms with Crippen LogP contribution in [-0.2, 0) is 0 Å². The van der Waals surface area contributed by atoms with Gasteiger partial charge in [-0.05, 0) is 13.0 Å². The molecule has 78 valence electrons. The fraction of sp³-hybridized carbons (Fsp3) is 0.400. The highest BCUT2D eigenvalue weighted by atomic mass is 15.2. The van der Waals surface area contributed by atoms with E-state index in [1.807, 2.05) is 13.0 Å². The molecule has 2 heterocycles. The Morgan fingerprint density at radius 3 is 2.87 bits per heavy atom. The average Bonchev–Trinajstić information content (AvgIpc) is 2.17. The van der Waals surface area contributed by atoms with Crippen LogP contribution in [0.4, 0.5) is 0 Å². The van der Waals surface area contributed by atoms with E-state index < -0.39 is 0 Å². The molecule has 0 aliphatic carbocycles. The van der Waals surface area contributed by atoms with Crippen LogP contribution in [0.5, 0.6) is 0 Å². The van der Waals surface area contributed by atoms with Crippen LogP contribution in [-0.4, -0.2) is 21.5 Å². The molecule has 0 bridgehead atoms. The van der Waals surface area contributed by atoms with Gasteiger partial charge in [-0.15, -0.1) is 5.10 Å². The van der Waals surface area contributed by atoms with E-state index in [4.69, 9.17) is 5.73 Å². The van der Waals surface area contributed by atoms with E-state index in [0.29, 0.717) is 5.84 Å². The fourth-order valence-electron chi connectivity index (χ4n) is 1.57. The Kier molecular flexibility index (Phi) is 2.45. The van der Waals surface area contributed by atoms with Crippen LogP contribution < -0.4 is 5.73 Å². The Morgan fingerprint density at radius 1 is 1.40 bits per heavy atom. The molecule has 15 heavy (non-hydrogen) atoms. The maximum Gasteiger partial charge on any atom is 0.125 e. The lowest BCUT2D eigenvalue weighted by molar-refractivity contribution is 0.778. The summed E-state index contributed by atoms with van der Waals surface area (Å²) in [4.78, 5) is 8.37. The standard InChI is InChI=1S/C10H13N5/c1-6-5-9(11)14-15-10(6)8-3-4-12-7(2)13-8/h3-4,6H,5H2,1-2H3,(H2,11,14). The first-order chi connectivity index (χ1) is 7.16. The van der Waals surface area contributed by atoms with Gasteiger partial charge in [0.1, 0.15) is 11.7 Å². The van der Waals surface area contributed by atoms with Crippen LogP contribution in [0.25, 0.3) is 0 Å². The van der Waals surface area contributed by atoms with Crippen LogP contribution in [0.1, 0.15) is 24.9 Å². The molecular weight excluding hydrogens is 190 g/mol. The first kappa shape index (κ1) is 9.76. The van der Waals surface area contributed by atoms with E-state index in [0.717, 1.165) is 23.7 Å². The summed E-state index contributed by atoms with van der Waals surface area (Å²) in [7, 11) is 0. The highest BCUT2D eigenvalue weighted by Gasteiger charge is 2.19. The molecule has 1 atom stereocenters. The van der Waals surface area contributed by atoms with Crippen LogP contribution in [0.3, 0.4) is 0 Å². The summed E-state index contributed by atoms with van der Waals surface area (Å²) in [6.07, 6.45) is 2.47. The van der Waals surface area contributed by atoms with Gasteiger partial charge >= 0.3 is 0 Å². The molecule has 1 aromatic heterocycles. The topological polar surface area (TPSA) is 76.5 Å². The maximum absolute atomic E-state index is 5.61. The molecule has 0 aromatic carbocycles. The van der Waals surface area contributed by atoms with Gasteiger partial charge in [0.15, 0.2) is 0 Å². The monoisotopic (exact) mass is 203 g/mol. The maximum atomic E-state index is 5.61. The molecule has 1 unspecified atom stereocenters. The van der Waals surface area contributed by atoms with Gasteiger partial charge in [-0.1, -0.05) is 6.92 Å². The van der Waals surface area contributed by atoms with Gasteiger partial charge in [0.25, 0.3) is 0 Å². The number of hydrogen-bond donors (Lipinski definition) is 1. The lowest BCUT2D eigenvalue weighted by atomic mass is 9.97. The van der Waals surface area contributed by atoms with E-state index >= 15 is 0 Å². The third-order valence-electron chi connectivity index (χ3n) is 2.31. The molecule has 1 aliphatic heterocycles. The lowest BCUT2D eigenvalue weighted by Gasteiger charge is -2.16. The summed E-state index contributed by atoms with van der Waals surface area (Å²) in [5.74, 6) is 1.58. The zero-order valence-electron chi connectivity index (χ0n) is 8.81. The smallest absolute Gasteiger partial charge is 0.125 e. The molecule has 0 fully saturated rings. The van der Waals surface area contributed by atoms with Gasteiger partial charge in [0.05, 0.1) is 11.4 Å². The second-order valence-electron chi connectivity index (χ2n) is 3.67. The summed E-state index contributed by atoms with van der Waals surface area (Å²) in [6.45, 7) is 3.92. The van der Waals surface area contributed by atoms with Crippen LogP contribution in [0.2, 0.25) is 0 Å². The molecule has 0 radical (unpaired) electrons. The minimum Gasteiger partial charge on any atom is -0.386 e. The number of hydrogen-bond acceptors (Lipinski definition) is 5. The van der Waals surface area contributed by atoms with Gasteiger partial charge in [-0.3, -0.25) is 0 Å². The molecular formula is C10H13N5. The second-order valence-corrected chi connectivity index (χ2v) is 3.67. The molecule has 2 rings (SSSR count). The Balaban J connectivity index is 2.39. The third kappa shape index (κ3) is 2.01. The number of nitrogens with zero attached hydrogens (tertiary/aromatic N) is 4. The number of rotatable bonds is 1. The number of amidine groups is 1. The molecule has 5 heteroatoms. The van der Waals surface area contributed by atoms with Crippen molar-refractivity contribution in [1.29, 1.82) is 0 Å². The third-order valence-corrected chi connectivity index (χ3v) is 2.31. The van der Waals surface area contributed by atoms with Gasteiger partial charge in [0, 0.05) is 18.5 Å². The molecule has 1 aliphatic rings. The van der Waals surface area contributed by atoms with E-state index in [1.54, 1.807) is 6.20 Å². The van der Waals surface area contributed by atoms with E-state index in [1.165, 1.54) is 0 Å². The van der Waals surface area contributed by atoms with E-state index in [-0.39, 0.29) is 5.92 Å². The van der Waals surface area contributed by atoms with E-state index in [9.17, 15) is 0 Å². The van der Waals surface area contributed by atoms with Crippen molar-refractivity contribution >= 4 is 11.5 Å².